The van der Waals surface area contributed by atoms with Crippen LogP contribution in [0.1, 0.15) is 5.56 Å². The molecule has 0 aliphatic heterocycles. The third-order valence-corrected chi connectivity index (χ3v) is 3.67. The van der Waals surface area contributed by atoms with E-state index in [4.69, 9.17) is 5.73 Å². The zero-order valence-corrected chi connectivity index (χ0v) is 10.0. The number of hydrogen-bond acceptors (Lipinski definition) is 5. The molecule has 0 aromatic carbocycles. The normalized spacial score (nSPS) is 10.9. The van der Waals surface area contributed by atoms with Gasteiger partial charge in [0.15, 0.2) is 5.82 Å². The minimum Gasteiger partial charge on any atom is -0.382 e. The second-order valence-electron chi connectivity index (χ2n) is 3.76. The van der Waals surface area contributed by atoms with Gasteiger partial charge in [-0.15, -0.1) is 11.3 Å². The summed E-state index contributed by atoms with van der Waals surface area (Å²) in [4.78, 5) is 12.9. The van der Waals surface area contributed by atoms with Crippen LogP contribution in [0.25, 0.3) is 21.6 Å². The summed E-state index contributed by atoms with van der Waals surface area (Å²) >= 11 is 1.58. The largest absolute Gasteiger partial charge is 0.382 e. The van der Waals surface area contributed by atoms with E-state index < -0.39 is 0 Å². The third kappa shape index (κ3) is 1.64. The van der Waals surface area contributed by atoms with Gasteiger partial charge in [0.25, 0.3) is 0 Å². The van der Waals surface area contributed by atoms with Crippen molar-refractivity contribution < 1.29 is 0 Å². The molecule has 0 spiro atoms. The van der Waals surface area contributed by atoms with Crippen molar-refractivity contribution in [2.75, 3.05) is 5.73 Å². The molecule has 0 aliphatic rings. The Labute approximate surface area is 102 Å². The van der Waals surface area contributed by atoms with Gasteiger partial charge in [0.05, 0.1) is 10.2 Å². The fourth-order valence-electron chi connectivity index (χ4n) is 1.68. The second kappa shape index (κ2) is 3.78. The molecule has 3 heterocycles. The summed E-state index contributed by atoms with van der Waals surface area (Å²) in [6, 6.07) is 3.75. The molecule has 84 valence electrons. The first-order valence-corrected chi connectivity index (χ1v) is 6.05. The predicted octanol–water partition coefficient (Wildman–Crippen LogP) is 2.64. The van der Waals surface area contributed by atoms with Gasteiger partial charge >= 0.3 is 0 Å². The maximum atomic E-state index is 5.95. The van der Waals surface area contributed by atoms with Crippen molar-refractivity contribution in [2.24, 2.45) is 0 Å². The quantitative estimate of drug-likeness (QED) is 0.712. The molecule has 0 saturated carbocycles. The fraction of sp³-hybridized carbons (Fsp3) is 0.0833. The molecule has 3 rings (SSSR count). The Morgan fingerprint density at radius 2 is 1.94 bits per heavy atom. The lowest BCUT2D eigenvalue weighted by Crippen LogP contribution is -1.96. The summed E-state index contributed by atoms with van der Waals surface area (Å²) in [5.74, 6) is 1.19. The fourth-order valence-corrected chi connectivity index (χ4v) is 2.58. The maximum absolute atomic E-state index is 5.95. The van der Waals surface area contributed by atoms with Crippen molar-refractivity contribution >= 4 is 27.4 Å². The Kier molecular flexibility index (Phi) is 2.26. The number of nitrogens with zero attached hydrogens (tertiary/aromatic N) is 3. The van der Waals surface area contributed by atoms with Crippen LogP contribution in [0.3, 0.4) is 0 Å². The molecule has 3 aromatic rings. The number of nitrogen functional groups attached to an aromatic ring is 1. The summed E-state index contributed by atoms with van der Waals surface area (Å²) in [5, 5.41) is 2.05. The van der Waals surface area contributed by atoms with Crippen LogP contribution in [0.15, 0.2) is 29.9 Å². The topological polar surface area (TPSA) is 64.7 Å². The van der Waals surface area contributed by atoms with Crippen LogP contribution in [0.4, 0.5) is 5.82 Å². The molecule has 17 heavy (non-hydrogen) atoms. The van der Waals surface area contributed by atoms with Gasteiger partial charge in [0, 0.05) is 18.0 Å². The van der Waals surface area contributed by atoms with Crippen molar-refractivity contribution in [1.29, 1.82) is 0 Å². The number of aryl methyl sites for hydroxylation is 1. The third-order valence-electron chi connectivity index (χ3n) is 2.56. The van der Waals surface area contributed by atoms with E-state index in [1.54, 1.807) is 23.7 Å². The predicted molar refractivity (Wildman–Crippen MR) is 69.8 cm³/mol. The van der Waals surface area contributed by atoms with Crippen LogP contribution in [0.5, 0.6) is 0 Å². The number of thiophene rings is 1. The summed E-state index contributed by atoms with van der Waals surface area (Å²) in [7, 11) is 0. The summed E-state index contributed by atoms with van der Waals surface area (Å²) < 4.78 is 0.959. The highest BCUT2D eigenvalue weighted by molar-refractivity contribution is 7.17. The molecule has 0 fully saturated rings. The van der Waals surface area contributed by atoms with Gasteiger partial charge in [0.1, 0.15) is 5.82 Å². The zero-order valence-electron chi connectivity index (χ0n) is 9.21. The molecule has 0 atom stereocenters. The average Bonchev–Trinajstić information content (AvgIpc) is 2.73. The summed E-state index contributed by atoms with van der Waals surface area (Å²) in [5.41, 5.74) is 8.95. The van der Waals surface area contributed by atoms with E-state index in [1.165, 1.54) is 0 Å². The molecule has 0 radical (unpaired) electrons. The lowest BCUT2D eigenvalue weighted by molar-refractivity contribution is 1.22. The van der Waals surface area contributed by atoms with Gasteiger partial charge in [-0.1, -0.05) is 0 Å². The Morgan fingerprint density at radius 1 is 1.18 bits per heavy atom. The number of hydrogen-bond donors (Lipinski definition) is 1. The maximum Gasteiger partial charge on any atom is 0.162 e. The van der Waals surface area contributed by atoms with E-state index in [0.29, 0.717) is 11.6 Å². The minimum absolute atomic E-state index is 0.542. The van der Waals surface area contributed by atoms with E-state index >= 15 is 0 Å². The SMILES string of the molecule is Cc1csc2c(N)nc(-c3ccncc3)nc12. The molecule has 0 aliphatic carbocycles. The molecule has 2 N–H and O–H groups in total. The molecule has 0 saturated heterocycles. The molecule has 4 nitrogen and oxygen atoms in total. The smallest absolute Gasteiger partial charge is 0.162 e. The number of anilines is 1. The van der Waals surface area contributed by atoms with Gasteiger partial charge in [0.2, 0.25) is 0 Å². The first-order chi connectivity index (χ1) is 8.25. The monoisotopic (exact) mass is 242 g/mol. The van der Waals surface area contributed by atoms with E-state index in [2.05, 4.69) is 15.0 Å². The molecular formula is C12H10N4S. The molecule has 3 aromatic heterocycles. The minimum atomic E-state index is 0.542. The highest BCUT2D eigenvalue weighted by Gasteiger charge is 2.10. The van der Waals surface area contributed by atoms with E-state index in [0.717, 1.165) is 21.3 Å². The highest BCUT2D eigenvalue weighted by Crippen LogP contribution is 2.29. The Bertz CT molecular complexity index is 676. The number of pyridine rings is 1. The van der Waals surface area contributed by atoms with Crippen molar-refractivity contribution in [2.45, 2.75) is 6.92 Å². The van der Waals surface area contributed by atoms with Crippen LogP contribution < -0.4 is 5.73 Å². The average molecular weight is 242 g/mol. The highest BCUT2D eigenvalue weighted by atomic mass is 32.1. The van der Waals surface area contributed by atoms with E-state index in [9.17, 15) is 0 Å². The molecular weight excluding hydrogens is 232 g/mol. The van der Waals surface area contributed by atoms with Gasteiger partial charge in [-0.25, -0.2) is 9.97 Å². The molecule has 0 bridgehead atoms. The zero-order chi connectivity index (χ0) is 11.8. The van der Waals surface area contributed by atoms with Crippen LogP contribution in [-0.4, -0.2) is 15.0 Å². The van der Waals surface area contributed by atoms with Gasteiger partial charge in [-0.2, -0.15) is 0 Å². The summed E-state index contributed by atoms with van der Waals surface area (Å²) in [6.45, 7) is 2.03. The van der Waals surface area contributed by atoms with Crippen LogP contribution in [0, 0.1) is 6.92 Å². The van der Waals surface area contributed by atoms with Crippen molar-refractivity contribution in [3.8, 4) is 11.4 Å². The molecule has 0 amide bonds. The van der Waals surface area contributed by atoms with E-state index in [1.807, 2.05) is 24.4 Å². The standard InChI is InChI=1S/C12H10N4S/c1-7-6-17-10-9(7)15-12(16-11(10)13)8-2-4-14-5-3-8/h2-6H,1H3,(H2,13,15,16). The van der Waals surface area contributed by atoms with Crippen LogP contribution in [0.2, 0.25) is 0 Å². The second-order valence-corrected chi connectivity index (χ2v) is 4.64. The lowest BCUT2D eigenvalue weighted by Gasteiger charge is -2.02. The lowest BCUT2D eigenvalue weighted by atomic mass is 10.2. The Morgan fingerprint density at radius 3 is 2.71 bits per heavy atom. The van der Waals surface area contributed by atoms with Crippen molar-refractivity contribution in [1.82, 2.24) is 15.0 Å². The van der Waals surface area contributed by atoms with E-state index in [-0.39, 0.29) is 0 Å². The number of nitrogens with two attached hydrogens (primary N) is 1. The Hall–Kier alpha value is -2.01. The Balaban J connectivity index is 2.28. The number of aromatic nitrogens is 3. The van der Waals surface area contributed by atoms with Crippen LogP contribution >= 0.6 is 11.3 Å². The van der Waals surface area contributed by atoms with Gasteiger partial charge < -0.3 is 5.73 Å². The summed E-state index contributed by atoms with van der Waals surface area (Å²) in [6.07, 6.45) is 3.44. The first-order valence-electron chi connectivity index (χ1n) is 5.17. The van der Waals surface area contributed by atoms with Gasteiger partial charge in [-0.05, 0) is 30.0 Å². The van der Waals surface area contributed by atoms with Crippen molar-refractivity contribution in [3.63, 3.8) is 0 Å². The molecule has 5 heteroatoms. The number of fused-ring (bicyclic) bond motifs is 1. The molecule has 0 unspecified atom stereocenters. The van der Waals surface area contributed by atoms with Gasteiger partial charge in [-0.3, -0.25) is 4.98 Å². The first kappa shape index (κ1) is 10.2. The number of rotatable bonds is 1. The van der Waals surface area contributed by atoms with Crippen molar-refractivity contribution in [3.05, 3.63) is 35.5 Å². The van der Waals surface area contributed by atoms with Crippen LogP contribution in [-0.2, 0) is 0 Å².